The summed E-state index contributed by atoms with van der Waals surface area (Å²) in [6, 6.07) is -1.47. The third-order valence-electron chi connectivity index (χ3n) is 13.3. The predicted octanol–water partition coefficient (Wildman–Crippen LogP) is 5.41. The fourth-order valence-corrected chi connectivity index (χ4v) is 9.92. The Bertz CT molecular complexity index is 1250. The van der Waals surface area contributed by atoms with Gasteiger partial charge in [-0.2, -0.15) is 0 Å². The molecule has 0 radical (unpaired) electrons. The van der Waals surface area contributed by atoms with Crippen LogP contribution in [0.4, 0.5) is 4.79 Å². The Hall–Kier alpha value is -2.27. The molecular weight excluding hydrogens is 659 g/mol. The average Bonchev–Trinajstić information content (AvgIpc) is 3.34. The molecule has 0 spiro atoms. The van der Waals surface area contributed by atoms with Crippen LogP contribution in [-0.4, -0.2) is 73.9 Å². The molecule has 0 heterocycles. The maximum atomic E-state index is 13.7. The second-order valence-electron chi connectivity index (χ2n) is 16.6. The number of carboxylic acids is 2. The van der Waals surface area contributed by atoms with Crippen molar-refractivity contribution >= 4 is 53.0 Å². The van der Waals surface area contributed by atoms with Crippen LogP contribution in [0.5, 0.6) is 0 Å². The number of carbonyl (C=O) groups is 5. The minimum atomic E-state index is -1.08. The molecular formula is C35H56Cl2N4O7. The number of urea groups is 1. The first kappa shape index (κ1) is 38.5. The Morgan fingerprint density at radius 2 is 1.21 bits per heavy atom. The number of hydrogen-bond donors (Lipinski definition) is 6. The number of amides is 4. The molecule has 4 amide bonds. The fraction of sp³-hybridized carbons (Fsp3) is 0.857. The number of aliphatic carboxylic acids is 2. The Morgan fingerprint density at radius 1 is 0.708 bits per heavy atom. The van der Waals surface area contributed by atoms with E-state index in [0.29, 0.717) is 32.1 Å². The van der Waals surface area contributed by atoms with E-state index in [-0.39, 0.29) is 34.5 Å². The van der Waals surface area contributed by atoms with Crippen LogP contribution in [0.25, 0.3) is 0 Å². The molecule has 11 nitrogen and oxygen atoms in total. The molecule has 0 aromatic carbocycles. The van der Waals surface area contributed by atoms with Crippen molar-refractivity contribution in [2.75, 3.05) is 0 Å². The van der Waals surface area contributed by atoms with Gasteiger partial charge in [-0.1, -0.05) is 34.1 Å². The van der Waals surface area contributed by atoms with Crippen molar-refractivity contribution in [3.05, 3.63) is 0 Å². The highest BCUT2D eigenvalue weighted by molar-refractivity contribution is 6.26. The van der Waals surface area contributed by atoms with Crippen LogP contribution in [0, 0.1) is 34.5 Å². The molecule has 4 rings (SSSR count). The largest absolute Gasteiger partial charge is 0.481 e. The van der Waals surface area contributed by atoms with Crippen LogP contribution < -0.4 is 21.3 Å². The van der Waals surface area contributed by atoms with Gasteiger partial charge in [-0.15, -0.1) is 23.2 Å². The molecule has 0 saturated heterocycles. The van der Waals surface area contributed by atoms with Crippen molar-refractivity contribution in [1.82, 2.24) is 21.3 Å². The molecule has 48 heavy (non-hydrogen) atoms. The van der Waals surface area contributed by atoms with E-state index in [0.717, 1.165) is 44.9 Å². The van der Waals surface area contributed by atoms with E-state index in [9.17, 15) is 34.2 Å². The molecule has 4 aliphatic carbocycles. The smallest absolute Gasteiger partial charge is 0.326 e. The molecule has 0 aliphatic heterocycles. The Balaban J connectivity index is 1.30. The van der Waals surface area contributed by atoms with Gasteiger partial charge >= 0.3 is 18.0 Å². The van der Waals surface area contributed by atoms with Crippen LogP contribution >= 0.6 is 23.2 Å². The number of hydrogen-bond acceptors (Lipinski definition) is 5. The van der Waals surface area contributed by atoms with Crippen LogP contribution in [-0.2, 0) is 19.2 Å². The average molecular weight is 716 g/mol. The second kappa shape index (κ2) is 14.5. The summed E-state index contributed by atoms with van der Waals surface area (Å²) < 4.78 is 0. The molecule has 7 atom stereocenters. The number of nitrogens with one attached hydrogen (secondary N) is 4. The van der Waals surface area contributed by atoms with Crippen LogP contribution in [0.1, 0.15) is 119 Å². The highest BCUT2D eigenvalue weighted by Crippen LogP contribution is 2.52. The monoisotopic (exact) mass is 714 g/mol. The first-order valence-electron chi connectivity index (χ1n) is 17.7. The number of halogens is 2. The Morgan fingerprint density at radius 3 is 1.69 bits per heavy atom. The molecule has 0 aromatic rings. The lowest BCUT2D eigenvalue weighted by Crippen LogP contribution is -2.63. The summed E-state index contributed by atoms with van der Waals surface area (Å²) in [6.07, 6.45) is 7.67. The van der Waals surface area contributed by atoms with Crippen molar-refractivity contribution in [3.8, 4) is 0 Å². The van der Waals surface area contributed by atoms with Crippen molar-refractivity contribution in [2.24, 2.45) is 34.5 Å². The quantitative estimate of drug-likeness (QED) is 0.164. The standard InChI is InChI=1S/C35H56Cl2N4O7/c1-32(2)21(14-16-34(32,5)40-31(48)41-35(6)17-15-22(29(44)45)33(35,3)4)27(42)39-25(30(46)47)18-19-10-12-20(13-11-19)38-28(43)26-23(36)8-7-9-24(26)37/h19-26H,7-18H2,1-6H3,(H,38,43)(H,39,42)(H,44,45)(H,46,47)(H2,40,41,48)/t19?,20?,21-,22-,23?,24?,25+,26?,34-,35-/m1/s1. The normalized spacial score (nSPS) is 38.0. The van der Waals surface area contributed by atoms with Crippen LogP contribution in [0.2, 0.25) is 0 Å². The summed E-state index contributed by atoms with van der Waals surface area (Å²) in [5.74, 6) is -3.82. The topological polar surface area (TPSA) is 174 Å². The molecule has 13 heteroatoms. The zero-order valence-electron chi connectivity index (χ0n) is 29.3. The second-order valence-corrected chi connectivity index (χ2v) is 17.7. The number of rotatable bonds is 10. The molecule has 6 N–H and O–H groups in total. The lowest BCUT2D eigenvalue weighted by molar-refractivity contribution is -0.145. The van der Waals surface area contributed by atoms with Crippen molar-refractivity contribution in [3.63, 3.8) is 0 Å². The van der Waals surface area contributed by atoms with E-state index in [1.165, 1.54) is 0 Å². The maximum absolute atomic E-state index is 13.7. The minimum absolute atomic E-state index is 0.0103. The molecule has 0 aromatic heterocycles. The number of alkyl halides is 2. The lowest BCUT2D eigenvalue weighted by atomic mass is 9.70. The molecule has 4 fully saturated rings. The predicted molar refractivity (Wildman–Crippen MR) is 184 cm³/mol. The number of carbonyl (C=O) groups excluding carboxylic acids is 3. The zero-order chi connectivity index (χ0) is 35.8. The Labute approximate surface area is 294 Å². The van der Waals surface area contributed by atoms with Gasteiger partial charge < -0.3 is 31.5 Å². The maximum Gasteiger partial charge on any atom is 0.326 e. The van der Waals surface area contributed by atoms with Gasteiger partial charge in [0.1, 0.15) is 6.04 Å². The van der Waals surface area contributed by atoms with Gasteiger partial charge in [0.05, 0.1) is 11.8 Å². The summed E-state index contributed by atoms with van der Waals surface area (Å²) in [5, 5.41) is 31.3. The van der Waals surface area contributed by atoms with Gasteiger partial charge in [-0.05, 0) is 95.8 Å². The van der Waals surface area contributed by atoms with E-state index < -0.39 is 63.7 Å². The SMILES string of the molecule is CC1(C)[C@@H](C(=O)O)CC[C@@]1(C)NC(=O)N[C@]1(C)CC[C@H](C(=O)N[C@@H](CC2CCC(NC(=O)C3C(Cl)CCCC3Cl)CC2)C(=O)O)C1(C)C. The molecule has 2 unspecified atom stereocenters. The van der Waals surface area contributed by atoms with Gasteiger partial charge in [0.2, 0.25) is 11.8 Å². The third kappa shape index (κ3) is 7.72. The van der Waals surface area contributed by atoms with E-state index in [2.05, 4.69) is 21.3 Å². The zero-order valence-corrected chi connectivity index (χ0v) is 30.8. The first-order valence-corrected chi connectivity index (χ1v) is 18.5. The van der Waals surface area contributed by atoms with Crippen LogP contribution in [0.15, 0.2) is 0 Å². The van der Waals surface area contributed by atoms with Gasteiger partial charge in [0.25, 0.3) is 0 Å². The highest BCUT2D eigenvalue weighted by Gasteiger charge is 2.58. The summed E-state index contributed by atoms with van der Waals surface area (Å²) >= 11 is 12.9. The van der Waals surface area contributed by atoms with Gasteiger partial charge in [-0.25, -0.2) is 9.59 Å². The molecule has 0 bridgehead atoms. The molecule has 272 valence electrons. The van der Waals surface area contributed by atoms with Crippen LogP contribution in [0.3, 0.4) is 0 Å². The summed E-state index contributed by atoms with van der Waals surface area (Å²) in [7, 11) is 0. The van der Waals surface area contributed by atoms with Gasteiger partial charge in [0, 0.05) is 39.2 Å². The van der Waals surface area contributed by atoms with Crippen molar-refractivity contribution in [1.29, 1.82) is 0 Å². The van der Waals surface area contributed by atoms with Crippen molar-refractivity contribution in [2.45, 2.75) is 153 Å². The minimum Gasteiger partial charge on any atom is -0.481 e. The summed E-state index contributed by atoms with van der Waals surface area (Å²) in [4.78, 5) is 64.1. The Kier molecular flexibility index (Phi) is 11.7. The third-order valence-corrected chi connectivity index (χ3v) is 14.2. The molecule has 4 aliphatic rings. The van der Waals surface area contributed by atoms with Crippen molar-refractivity contribution < 1.29 is 34.2 Å². The highest BCUT2D eigenvalue weighted by atomic mass is 35.5. The van der Waals surface area contributed by atoms with E-state index in [1.807, 2.05) is 41.5 Å². The van der Waals surface area contributed by atoms with E-state index in [4.69, 9.17) is 23.2 Å². The van der Waals surface area contributed by atoms with Gasteiger partial charge in [-0.3, -0.25) is 14.4 Å². The van der Waals surface area contributed by atoms with E-state index >= 15 is 0 Å². The van der Waals surface area contributed by atoms with Gasteiger partial charge in [0.15, 0.2) is 0 Å². The lowest BCUT2D eigenvalue weighted by Gasteiger charge is -2.45. The summed E-state index contributed by atoms with van der Waals surface area (Å²) in [5.41, 5.74) is -2.87. The number of carboxylic acid groups (broad SMARTS) is 2. The fourth-order valence-electron chi connectivity index (χ4n) is 8.96. The molecule has 4 saturated carbocycles. The van der Waals surface area contributed by atoms with E-state index in [1.54, 1.807) is 0 Å². The first-order chi connectivity index (χ1) is 22.2. The summed E-state index contributed by atoms with van der Waals surface area (Å²) in [6.45, 7) is 11.4.